The van der Waals surface area contributed by atoms with Gasteiger partial charge < -0.3 is 23.8 Å². The standard InChI is InChI=1S/C47H48ClF4N7O9S2/c1-31-2-3-33(40(51)24-31)25-38-37(9-10-39(50)46(38)52)44(60)30-68-23-22-67-21-20-66-19-18-65-17-12-55-70(63,64)59-15-13-58(14-16-59)45-29-53-41-11-4-32(26-42(41)56-45)34-27-43(47(48)54-28-34)57-69(61,62)36-7-5-35(49)6-8-36/h2-11,24,26-29,55,57H,12-23,25,30H2,1H3. The molecule has 0 unspecified atom stereocenters. The predicted molar refractivity (Wildman–Crippen MR) is 254 cm³/mol. The molecule has 0 radical (unpaired) electrons. The number of halogens is 5. The number of rotatable bonds is 24. The van der Waals surface area contributed by atoms with Gasteiger partial charge in [-0.15, -0.1) is 0 Å². The largest absolute Gasteiger partial charge is 0.378 e. The molecule has 2 N–H and O–H groups in total. The van der Waals surface area contributed by atoms with E-state index in [0.717, 1.165) is 36.4 Å². The van der Waals surface area contributed by atoms with Crippen LogP contribution in [0.3, 0.4) is 0 Å². The molecule has 0 atom stereocenters. The van der Waals surface area contributed by atoms with Gasteiger partial charge in [0.1, 0.15) is 24.1 Å². The van der Waals surface area contributed by atoms with Crippen molar-refractivity contribution in [1.29, 1.82) is 0 Å². The van der Waals surface area contributed by atoms with E-state index < -0.39 is 55.9 Å². The maximum Gasteiger partial charge on any atom is 0.279 e. The van der Waals surface area contributed by atoms with Crippen LogP contribution in [0.5, 0.6) is 0 Å². The Morgan fingerprint density at radius 1 is 0.714 bits per heavy atom. The zero-order chi connectivity index (χ0) is 49.8. The van der Waals surface area contributed by atoms with Crippen molar-refractivity contribution < 1.29 is 58.1 Å². The van der Waals surface area contributed by atoms with Crippen LogP contribution in [0.25, 0.3) is 22.2 Å². The highest BCUT2D eigenvalue weighted by Gasteiger charge is 2.28. The van der Waals surface area contributed by atoms with E-state index in [-0.39, 0.29) is 105 Å². The molecule has 4 aromatic carbocycles. The number of nitrogens with zero attached hydrogens (tertiary/aromatic N) is 5. The van der Waals surface area contributed by atoms with Gasteiger partial charge in [-0.1, -0.05) is 29.8 Å². The lowest BCUT2D eigenvalue weighted by atomic mass is 9.95. The summed E-state index contributed by atoms with van der Waals surface area (Å²) in [6.07, 6.45) is 2.80. The van der Waals surface area contributed by atoms with Crippen molar-refractivity contribution in [2.75, 3.05) is 95.2 Å². The fraction of sp³-hybridized carbons (Fsp3) is 0.319. The molecule has 16 nitrogen and oxygen atoms in total. The SMILES string of the molecule is Cc1ccc(Cc2c(C(=O)COCCOCCOCCOCCNS(=O)(=O)N3CCN(c4cnc5ccc(-c6cnc(Cl)c(NS(=O)(=O)c7ccc(F)cc7)c6)cc5n4)CC3)ccc(F)c2F)c(F)c1. The molecule has 7 rings (SSSR count). The third-order valence-electron chi connectivity index (χ3n) is 10.9. The summed E-state index contributed by atoms with van der Waals surface area (Å²) in [6.45, 7) is 3.59. The number of anilines is 2. The van der Waals surface area contributed by atoms with E-state index in [1.54, 1.807) is 37.4 Å². The lowest BCUT2D eigenvalue weighted by molar-refractivity contribution is -0.0000312. The second-order valence-electron chi connectivity index (χ2n) is 15.8. The summed E-state index contributed by atoms with van der Waals surface area (Å²) in [5.41, 5.74) is 2.80. The highest BCUT2D eigenvalue weighted by molar-refractivity contribution is 7.92. The van der Waals surface area contributed by atoms with E-state index in [1.165, 1.54) is 28.7 Å². The van der Waals surface area contributed by atoms with Crippen molar-refractivity contribution in [3.05, 3.63) is 142 Å². The first-order chi connectivity index (χ1) is 33.6. The van der Waals surface area contributed by atoms with Gasteiger partial charge in [0, 0.05) is 62.0 Å². The Morgan fingerprint density at radius 2 is 1.40 bits per heavy atom. The molecule has 1 saturated heterocycles. The minimum atomic E-state index is -4.10. The number of fused-ring (bicyclic) bond motifs is 1. The second-order valence-corrected chi connectivity index (χ2v) is 19.6. The van der Waals surface area contributed by atoms with Crippen molar-refractivity contribution in [3.8, 4) is 11.1 Å². The number of aryl methyl sites for hydroxylation is 1. The van der Waals surface area contributed by atoms with Gasteiger partial charge in [0.15, 0.2) is 22.6 Å². The molecule has 2 aromatic heterocycles. The zero-order valence-electron chi connectivity index (χ0n) is 37.7. The molecule has 1 fully saturated rings. The molecule has 70 heavy (non-hydrogen) atoms. The fourth-order valence-corrected chi connectivity index (χ4v) is 9.67. The Labute approximate surface area is 407 Å². The number of benzene rings is 4. The molecule has 0 spiro atoms. The molecule has 3 heterocycles. The number of pyridine rings is 1. The van der Waals surface area contributed by atoms with Crippen LogP contribution in [-0.2, 0) is 45.6 Å². The Balaban J connectivity index is 0.763. The third kappa shape index (κ3) is 13.8. The minimum absolute atomic E-state index is 0.0255. The summed E-state index contributed by atoms with van der Waals surface area (Å²) in [7, 11) is -7.90. The van der Waals surface area contributed by atoms with Crippen LogP contribution in [0.4, 0.5) is 29.1 Å². The van der Waals surface area contributed by atoms with Crippen LogP contribution in [-0.4, -0.2) is 127 Å². The number of sulfonamides is 1. The van der Waals surface area contributed by atoms with E-state index in [2.05, 4.69) is 19.4 Å². The second kappa shape index (κ2) is 23.9. The number of ether oxygens (including phenoxy) is 4. The smallest absolute Gasteiger partial charge is 0.279 e. The van der Waals surface area contributed by atoms with Crippen molar-refractivity contribution in [1.82, 2.24) is 24.0 Å². The number of piperazine rings is 1. The molecular formula is C47H48ClF4N7O9S2. The first-order valence-corrected chi connectivity index (χ1v) is 25.1. The van der Waals surface area contributed by atoms with Gasteiger partial charge in [0.05, 0.1) is 74.1 Å². The molecule has 1 aliphatic rings. The summed E-state index contributed by atoms with van der Waals surface area (Å²) in [4.78, 5) is 28.1. The molecule has 1 aliphatic heterocycles. The number of nitrogens with one attached hydrogen (secondary N) is 2. The topological polar surface area (TPSA) is 191 Å². The van der Waals surface area contributed by atoms with Crippen LogP contribution >= 0.6 is 11.6 Å². The quantitative estimate of drug-likeness (QED) is 0.0289. The van der Waals surface area contributed by atoms with Gasteiger partial charge in [-0.2, -0.15) is 17.4 Å². The van der Waals surface area contributed by atoms with Gasteiger partial charge in [0.25, 0.3) is 20.2 Å². The van der Waals surface area contributed by atoms with Crippen LogP contribution in [0.2, 0.25) is 5.15 Å². The summed E-state index contributed by atoms with van der Waals surface area (Å²) in [5, 5.41) is -0.0840. The molecule has 0 amide bonds. The Morgan fingerprint density at radius 3 is 2.10 bits per heavy atom. The van der Waals surface area contributed by atoms with Crippen LogP contribution in [0.15, 0.2) is 96.2 Å². The maximum atomic E-state index is 14.7. The van der Waals surface area contributed by atoms with Gasteiger partial charge >= 0.3 is 0 Å². The van der Waals surface area contributed by atoms with E-state index in [1.807, 2.05) is 4.90 Å². The van der Waals surface area contributed by atoms with E-state index in [0.29, 0.717) is 46.6 Å². The third-order valence-corrected chi connectivity index (χ3v) is 14.2. The Hall–Kier alpha value is -5.69. The summed E-state index contributed by atoms with van der Waals surface area (Å²) >= 11 is 6.25. The van der Waals surface area contributed by atoms with E-state index in [9.17, 15) is 39.2 Å². The summed E-state index contributed by atoms with van der Waals surface area (Å²) in [6, 6.07) is 17.6. The molecule has 23 heteroatoms. The lowest BCUT2D eigenvalue weighted by Crippen LogP contribution is -2.52. The van der Waals surface area contributed by atoms with Gasteiger partial charge in [-0.25, -0.2) is 35.9 Å². The summed E-state index contributed by atoms with van der Waals surface area (Å²) < 4.78 is 137. The molecule has 0 bridgehead atoms. The monoisotopic (exact) mass is 1030 g/mol. The molecular weight excluding hydrogens is 982 g/mol. The van der Waals surface area contributed by atoms with Crippen LogP contribution < -0.4 is 14.3 Å². The van der Waals surface area contributed by atoms with E-state index in [4.69, 9.17) is 35.5 Å². The van der Waals surface area contributed by atoms with Gasteiger partial charge in [-0.05, 0) is 84.3 Å². The first kappa shape index (κ1) is 52.1. The van der Waals surface area contributed by atoms with Gasteiger partial charge in [-0.3, -0.25) is 14.5 Å². The van der Waals surface area contributed by atoms with Crippen molar-refractivity contribution in [2.45, 2.75) is 18.2 Å². The maximum absolute atomic E-state index is 14.7. The Bertz CT molecular complexity index is 3030. The number of Topliss-reactive ketones (excluding diaryl/α,β-unsaturated/α-hetero) is 1. The highest BCUT2D eigenvalue weighted by atomic mass is 35.5. The van der Waals surface area contributed by atoms with Crippen LogP contribution in [0.1, 0.15) is 27.0 Å². The van der Waals surface area contributed by atoms with Gasteiger partial charge in [0.2, 0.25) is 0 Å². The lowest BCUT2D eigenvalue weighted by Gasteiger charge is -2.34. The minimum Gasteiger partial charge on any atom is -0.378 e. The molecule has 372 valence electrons. The fourth-order valence-electron chi connectivity index (χ4n) is 7.24. The Kier molecular flexibility index (Phi) is 17.8. The number of aromatic nitrogens is 3. The predicted octanol–water partition coefficient (Wildman–Crippen LogP) is 6.51. The number of carbonyl (C=O) groups excluding carboxylic acids is 1. The average molecular weight is 1030 g/mol. The first-order valence-electron chi connectivity index (χ1n) is 21.8. The summed E-state index contributed by atoms with van der Waals surface area (Å²) in [5.74, 6) is -3.56. The number of hydrogen-bond acceptors (Lipinski definition) is 13. The number of hydrogen-bond donors (Lipinski definition) is 2. The number of carbonyl (C=O) groups is 1. The van der Waals surface area contributed by atoms with Crippen LogP contribution in [0, 0.1) is 30.2 Å². The zero-order valence-corrected chi connectivity index (χ0v) is 40.1. The number of ketones is 1. The van der Waals surface area contributed by atoms with E-state index >= 15 is 0 Å². The average Bonchev–Trinajstić information content (AvgIpc) is 3.34. The van der Waals surface area contributed by atoms with Crippen molar-refractivity contribution in [3.63, 3.8) is 0 Å². The van der Waals surface area contributed by atoms with Crippen molar-refractivity contribution in [2.24, 2.45) is 0 Å². The normalized spacial score (nSPS) is 13.5. The van der Waals surface area contributed by atoms with Crippen molar-refractivity contribution >= 4 is 60.2 Å². The molecule has 6 aromatic rings. The molecule has 0 saturated carbocycles. The molecule has 0 aliphatic carbocycles. The highest BCUT2D eigenvalue weighted by Crippen LogP contribution is 2.31.